The van der Waals surface area contributed by atoms with Gasteiger partial charge in [0.1, 0.15) is 0 Å². The van der Waals surface area contributed by atoms with Crippen LogP contribution in [0.2, 0.25) is 0 Å². The van der Waals surface area contributed by atoms with E-state index < -0.39 is 10.0 Å². The first-order valence-corrected chi connectivity index (χ1v) is 16.1. The number of anilines is 1. The number of para-hydroxylation sites is 1. The monoisotopic (exact) mass is 566 g/mol. The molecule has 2 aromatic heterocycles. The van der Waals surface area contributed by atoms with Crippen LogP contribution in [0.4, 0.5) is 5.13 Å². The van der Waals surface area contributed by atoms with Crippen molar-refractivity contribution in [3.63, 3.8) is 0 Å². The third-order valence-electron chi connectivity index (χ3n) is 7.00. The van der Waals surface area contributed by atoms with Crippen molar-refractivity contribution in [3.05, 3.63) is 78.1 Å². The summed E-state index contributed by atoms with van der Waals surface area (Å²) in [5.74, 6) is -0.247. The number of sulfonamides is 1. The van der Waals surface area contributed by atoms with Crippen molar-refractivity contribution in [2.75, 3.05) is 18.2 Å². The van der Waals surface area contributed by atoms with E-state index in [1.807, 2.05) is 36.6 Å². The SMILES string of the molecule is CSc1cccc2sc(N(Cc3cccnc3)C(=O)c3ccc(S(=O)(=O)N(C)C4CCCCC4)cc3)nc12. The Morgan fingerprint density at radius 2 is 1.82 bits per heavy atom. The summed E-state index contributed by atoms with van der Waals surface area (Å²) in [5, 5.41) is 0.587. The number of rotatable bonds is 8. The van der Waals surface area contributed by atoms with Crippen LogP contribution in [0.15, 0.2) is 76.8 Å². The van der Waals surface area contributed by atoms with Crippen LogP contribution in [0.25, 0.3) is 10.2 Å². The maximum Gasteiger partial charge on any atom is 0.260 e. The number of amides is 1. The molecule has 1 aliphatic carbocycles. The van der Waals surface area contributed by atoms with Crippen LogP contribution in [0, 0.1) is 0 Å². The van der Waals surface area contributed by atoms with Crippen LogP contribution < -0.4 is 4.90 Å². The molecule has 2 aromatic carbocycles. The molecule has 0 spiro atoms. The normalized spacial score (nSPS) is 14.7. The molecule has 2 heterocycles. The van der Waals surface area contributed by atoms with Gasteiger partial charge in [0.25, 0.3) is 5.91 Å². The molecule has 0 bridgehead atoms. The van der Waals surface area contributed by atoms with E-state index in [2.05, 4.69) is 4.98 Å². The molecule has 1 amide bonds. The Hall–Kier alpha value is -2.79. The summed E-state index contributed by atoms with van der Waals surface area (Å²) in [7, 11) is -1.98. The number of fused-ring (bicyclic) bond motifs is 1. The molecule has 38 heavy (non-hydrogen) atoms. The number of carbonyl (C=O) groups is 1. The summed E-state index contributed by atoms with van der Waals surface area (Å²) in [5.41, 5.74) is 2.15. The first kappa shape index (κ1) is 26.8. The fourth-order valence-electron chi connectivity index (χ4n) is 4.82. The molecular formula is C28H30N4O3S3. The van der Waals surface area contributed by atoms with E-state index in [-0.39, 0.29) is 16.8 Å². The predicted octanol–water partition coefficient (Wildman–Crippen LogP) is 6.21. The lowest BCUT2D eigenvalue weighted by atomic mass is 9.96. The van der Waals surface area contributed by atoms with Crippen LogP contribution >= 0.6 is 23.1 Å². The van der Waals surface area contributed by atoms with Gasteiger partial charge in [0, 0.05) is 35.9 Å². The van der Waals surface area contributed by atoms with E-state index in [0.717, 1.165) is 52.8 Å². The predicted molar refractivity (Wildman–Crippen MR) is 154 cm³/mol. The number of thioether (sulfide) groups is 1. The van der Waals surface area contributed by atoms with Crippen molar-refractivity contribution in [3.8, 4) is 0 Å². The van der Waals surface area contributed by atoms with E-state index in [0.29, 0.717) is 17.2 Å². The van der Waals surface area contributed by atoms with Gasteiger partial charge < -0.3 is 0 Å². The number of pyridine rings is 1. The molecule has 0 unspecified atom stereocenters. The van der Waals surface area contributed by atoms with E-state index >= 15 is 0 Å². The lowest BCUT2D eigenvalue weighted by Crippen LogP contribution is -2.38. The number of hydrogen-bond donors (Lipinski definition) is 0. The first-order chi connectivity index (χ1) is 18.4. The summed E-state index contributed by atoms with van der Waals surface area (Å²) >= 11 is 3.08. The number of hydrogen-bond acceptors (Lipinski definition) is 7. The van der Waals surface area contributed by atoms with Gasteiger partial charge in [-0.1, -0.05) is 42.7 Å². The maximum absolute atomic E-state index is 13.8. The van der Waals surface area contributed by atoms with Crippen molar-refractivity contribution in [1.29, 1.82) is 0 Å². The number of aromatic nitrogens is 2. The minimum Gasteiger partial charge on any atom is -0.279 e. The minimum absolute atomic E-state index is 0.0234. The molecule has 198 valence electrons. The molecule has 0 N–H and O–H groups in total. The Morgan fingerprint density at radius 1 is 1.05 bits per heavy atom. The van der Waals surface area contributed by atoms with Crippen LogP contribution in [-0.2, 0) is 16.6 Å². The highest BCUT2D eigenvalue weighted by Gasteiger charge is 2.29. The molecule has 10 heteroatoms. The summed E-state index contributed by atoms with van der Waals surface area (Å²) in [4.78, 5) is 25.8. The highest BCUT2D eigenvalue weighted by molar-refractivity contribution is 7.98. The standard InChI is InChI=1S/C28H30N4O3S3/c1-31(22-9-4-3-5-10-22)38(34,35)23-15-13-21(14-16-23)27(33)32(19-20-8-7-17-29-18-20)28-30-26-24(36-2)11-6-12-25(26)37-28/h6-8,11-18,22H,3-5,9-10,19H2,1-2H3. The zero-order valence-electron chi connectivity index (χ0n) is 21.4. The zero-order chi connectivity index (χ0) is 26.7. The molecule has 0 saturated heterocycles. The lowest BCUT2D eigenvalue weighted by molar-refractivity contribution is 0.0985. The van der Waals surface area contributed by atoms with Crippen LogP contribution in [0.5, 0.6) is 0 Å². The number of thiazole rings is 1. The summed E-state index contributed by atoms with van der Waals surface area (Å²) in [6.07, 6.45) is 10.5. The summed E-state index contributed by atoms with van der Waals surface area (Å²) < 4.78 is 29.1. The Kier molecular flexibility index (Phi) is 8.13. The quantitative estimate of drug-likeness (QED) is 0.236. The second-order valence-corrected chi connectivity index (χ2v) is 13.2. The molecule has 7 nitrogen and oxygen atoms in total. The number of carbonyl (C=O) groups excluding carboxylic acids is 1. The minimum atomic E-state index is -3.64. The van der Waals surface area contributed by atoms with Crippen molar-refractivity contribution >= 4 is 54.4 Å². The second kappa shape index (κ2) is 11.5. The lowest BCUT2D eigenvalue weighted by Gasteiger charge is -2.30. The van der Waals surface area contributed by atoms with Gasteiger partial charge in [-0.05, 0) is 67.1 Å². The van der Waals surface area contributed by atoms with Crippen LogP contribution in [0.3, 0.4) is 0 Å². The second-order valence-electron chi connectivity index (χ2n) is 9.39. The van der Waals surface area contributed by atoms with Crippen molar-refractivity contribution in [2.45, 2.75) is 54.5 Å². The van der Waals surface area contributed by atoms with E-state index in [4.69, 9.17) is 4.98 Å². The Morgan fingerprint density at radius 3 is 2.50 bits per heavy atom. The van der Waals surface area contributed by atoms with Gasteiger partial charge in [0.05, 0.1) is 21.7 Å². The van der Waals surface area contributed by atoms with Gasteiger partial charge in [0.2, 0.25) is 10.0 Å². The van der Waals surface area contributed by atoms with E-state index in [1.165, 1.54) is 27.8 Å². The fourth-order valence-corrected chi connectivity index (χ4v) is 7.86. The van der Waals surface area contributed by atoms with Crippen LogP contribution in [0.1, 0.15) is 48.0 Å². The van der Waals surface area contributed by atoms with Gasteiger partial charge in [-0.3, -0.25) is 14.7 Å². The largest absolute Gasteiger partial charge is 0.279 e. The van der Waals surface area contributed by atoms with Gasteiger partial charge in [-0.25, -0.2) is 13.4 Å². The Bertz CT molecular complexity index is 1520. The molecule has 1 saturated carbocycles. The Balaban J connectivity index is 1.46. The smallest absolute Gasteiger partial charge is 0.260 e. The molecular weight excluding hydrogens is 537 g/mol. The first-order valence-electron chi connectivity index (χ1n) is 12.6. The van der Waals surface area contributed by atoms with Gasteiger partial charge >= 0.3 is 0 Å². The molecule has 1 aliphatic rings. The topological polar surface area (TPSA) is 83.5 Å². The Labute approximate surface area is 232 Å². The number of nitrogens with zero attached hydrogens (tertiary/aromatic N) is 4. The van der Waals surface area contributed by atoms with Crippen molar-refractivity contribution < 1.29 is 13.2 Å². The highest BCUT2D eigenvalue weighted by Crippen LogP contribution is 2.35. The van der Waals surface area contributed by atoms with Crippen molar-refractivity contribution in [1.82, 2.24) is 14.3 Å². The van der Waals surface area contributed by atoms with Gasteiger partial charge in [-0.2, -0.15) is 4.31 Å². The highest BCUT2D eigenvalue weighted by atomic mass is 32.2. The average molecular weight is 567 g/mol. The fraction of sp³-hybridized carbons (Fsp3) is 0.321. The molecule has 0 atom stereocenters. The van der Waals surface area contributed by atoms with E-state index in [1.54, 1.807) is 48.2 Å². The molecule has 5 rings (SSSR count). The maximum atomic E-state index is 13.8. The summed E-state index contributed by atoms with van der Waals surface area (Å²) in [6.45, 7) is 0.297. The zero-order valence-corrected chi connectivity index (χ0v) is 23.9. The third kappa shape index (κ3) is 5.49. The molecule has 4 aromatic rings. The molecule has 1 fully saturated rings. The molecule has 0 radical (unpaired) electrons. The van der Waals surface area contributed by atoms with Crippen LogP contribution in [-0.4, -0.2) is 47.9 Å². The van der Waals surface area contributed by atoms with Gasteiger partial charge in [-0.15, -0.1) is 11.8 Å². The van der Waals surface area contributed by atoms with Gasteiger partial charge in [0.15, 0.2) is 5.13 Å². The van der Waals surface area contributed by atoms with Crippen molar-refractivity contribution in [2.24, 2.45) is 0 Å². The summed E-state index contributed by atoms with van der Waals surface area (Å²) in [6, 6.07) is 16.1. The third-order valence-corrected chi connectivity index (χ3v) is 10.7. The molecule has 0 aliphatic heterocycles. The van der Waals surface area contributed by atoms with E-state index in [9.17, 15) is 13.2 Å². The average Bonchev–Trinajstić information content (AvgIpc) is 3.40. The number of benzene rings is 2.